The maximum absolute atomic E-state index is 12.4. The molecule has 0 spiro atoms. The number of nitrogens with one attached hydrogen (secondary N) is 1. The molecule has 3 nitrogen and oxygen atoms in total. The van der Waals surface area contributed by atoms with Gasteiger partial charge in [0.25, 0.3) is 0 Å². The molecule has 0 saturated heterocycles. The average Bonchev–Trinajstić information content (AvgIpc) is 2.24. The van der Waals surface area contributed by atoms with Crippen LogP contribution in [0.1, 0.15) is 27.2 Å². The van der Waals surface area contributed by atoms with E-state index in [2.05, 4.69) is 5.32 Å². The van der Waals surface area contributed by atoms with E-state index in [-0.39, 0.29) is 11.2 Å². The Labute approximate surface area is 112 Å². The van der Waals surface area contributed by atoms with E-state index in [1.54, 1.807) is 13.8 Å². The Hall–Kier alpha value is -0.560. The number of halogens is 3. The highest BCUT2D eigenvalue weighted by Gasteiger charge is 2.32. The molecule has 0 bridgehead atoms. The van der Waals surface area contributed by atoms with Crippen LogP contribution in [-0.4, -0.2) is 48.5 Å². The van der Waals surface area contributed by atoms with E-state index in [1.807, 2.05) is 6.92 Å². The SMILES string of the molecule is CCOCCCNC(=S)N(CC(F)(F)F)C(C)C. The van der Waals surface area contributed by atoms with Gasteiger partial charge in [0.1, 0.15) is 6.54 Å². The van der Waals surface area contributed by atoms with Crippen LogP contribution in [-0.2, 0) is 4.74 Å². The minimum atomic E-state index is -4.25. The third-order valence-corrected chi connectivity index (χ3v) is 2.56. The van der Waals surface area contributed by atoms with Crippen molar-refractivity contribution in [3.8, 4) is 0 Å². The molecule has 0 amide bonds. The maximum atomic E-state index is 12.4. The summed E-state index contributed by atoms with van der Waals surface area (Å²) in [5.41, 5.74) is 0. The zero-order valence-corrected chi connectivity index (χ0v) is 11.8. The van der Waals surface area contributed by atoms with Crippen LogP contribution in [0.25, 0.3) is 0 Å². The Morgan fingerprint density at radius 3 is 2.44 bits per heavy atom. The molecule has 0 fully saturated rings. The highest BCUT2D eigenvalue weighted by molar-refractivity contribution is 7.80. The molecule has 0 aliphatic heterocycles. The summed E-state index contributed by atoms with van der Waals surface area (Å²) in [6.45, 7) is 5.95. The van der Waals surface area contributed by atoms with Crippen molar-refractivity contribution in [1.29, 1.82) is 0 Å². The third kappa shape index (κ3) is 8.52. The molecule has 0 aliphatic carbocycles. The number of thiocarbonyl (C=S) groups is 1. The first-order chi connectivity index (χ1) is 8.28. The average molecular weight is 286 g/mol. The monoisotopic (exact) mass is 286 g/mol. The first-order valence-corrected chi connectivity index (χ1v) is 6.37. The standard InChI is InChI=1S/C11H21F3N2OS/c1-4-17-7-5-6-15-10(18)16(9(2)3)8-11(12,13)14/h9H,4-8H2,1-3H3,(H,15,18). The fraction of sp³-hybridized carbons (Fsp3) is 0.909. The first-order valence-electron chi connectivity index (χ1n) is 5.97. The van der Waals surface area contributed by atoms with Gasteiger partial charge in [0.2, 0.25) is 0 Å². The number of alkyl halides is 3. The molecule has 0 aromatic carbocycles. The second-order valence-electron chi connectivity index (χ2n) is 4.12. The topological polar surface area (TPSA) is 24.5 Å². The number of hydrogen-bond donors (Lipinski definition) is 1. The van der Waals surface area contributed by atoms with Crippen molar-refractivity contribution in [3.63, 3.8) is 0 Å². The van der Waals surface area contributed by atoms with Gasteiger partial charge in [0, 0.05) is 25.8 Å². The number of hydrogen-bond acceptors (Lipinski definition) is 2. The molecule has 7 heteroatoms. The van der Waals surface area contributed by atoms with E-state index >= 15 is 0 Å². The van der Waals surface area contributed by atoms with E-state index in [0.29, 0.717) is 26.2 Å². The fourth-order valence-electron chi connectivity index (χ4n) is 1.30. The smallest absolute Gasteiger partial charge is 0.382 e. The number of ether oxygens (including phenoxy) is 1. The van der Waals surface area contributed by atoms with E-state index in [0.717, 1.165) is 4.90 Å². The van der Waals surface area contributed by atoms with Gasteiger partial charge in [0.05, 0.1) is 0 Å². The van der Waals surface area contributed by atoms with Crippen molar-refractivity contribution < 1.29 is 17.9 Å². The molecule has 0 aromatic rings. The summed E-state index contributed by atoms with van der Waals surface area (Å²) in [7, 11) is 0. The lowest BCUT2D eigenvalue weighted by Gasteiger charge is -2.30. The predicted molar refractivity (Wildman–Crippen MR) is 69.6 cm³/mol. The quantitative estimate of drug-likeness (QED) is 0.574. The van der Waals surface area contributed by atoms with Crippen molar-refractivity contribution >= 4 is 17.3 Å². The van der Waals surface area contributed by atoms with E-state index < -0.39 is 12.7 Å². The molecule has 1 N–H and O–H groups in total. The molecule has 18 heavy (non-hydrogen) atoms. The lowest BCUT2D eigenvalue weighted by molar-refractivity contribution is -0.140. The zero-order valence-electron chi connectivity index (χ0n) is 11.0. The Bertz CT molecular complexity index is 247. The van der Waals surface area contributed by atoms with Crippen molar-refractivity contribution in [2.45, 2.75) is 39.4 Å². The Morgan fingerprint density at radius 1 is 1.39 bits per heavy atom. The molecular weight excluding hydrogens is 265 g/mol. The molecule has 0 unspecified atom stereocenters. The van der Waals surface area contributed by atoms with Gasteiger partial charge in [-0.25, -0.2) is 0 Å². The molecular formula is C11H21F3N2OS. The highest BCUT2D eigenvalue weighted by Crippen LogP contribution is 2.18. The third-order valence-electron chi connectivity index (χ3n) is 2.18. The Balaban J connectivity index is 4.08. The summed E-state index contributed by atoms with van der Waals surface area (Å²) in [5, 5.41) is 2.96. The van der Waals surface area contributed by atoms with Crippen molar-refractivity contribution in [1.82, 2.24) is 10.2 Å². The van der Waals surface area contributed by atoms with Gasteiger partial charge in [-0.2, -0.15) is 13.2 Å². The molecule has 0 aromatic heterocycles. The van der Waals surface area contributed by atoms with Crippen LogP contribution < -0.4 is 5.32 Å². The minimum Gasteiger partial charge on any atom is -0.382 e. The van der Waals surface area contributed by atoms with Gasteiger partial charge in [-0.15, -0.1) is 0 Å². The van der Waals surface area contributed by atoms with Gasteiger partial charge in [-0.05, 0) is 39.4 Å². The summed E-state index contributed by atoms with van der Waals surface area (Å²) >= 11 is 4.97. The maximum Gasteiger partial charge on any atom is 0.406 e. The van der Waals surface area contributed by atoms with E-state index in [9.17, 15) is 13.2 Å². The predicted octanol–water partition coefficient (Wildman–Crippen LogP) is 2.56. The number of nitrogens with zero attached hydrogens (tertiary/aromatic N) is 1. The molecule has 0 heterocycles. The van der Waals surface area contributed by atoms with Gasteiger partial charge in [-0.1, -0.05) is 0 Å². The Morgan fingerprint density at radius 2 is 2.00 bits per heavy atom. The Kier molecular flexibility index (Phi) is 8.26. The highest BCUT2D eigenvalue weighted by atomic mass is 32.1. The second kappa shape index (κ2) is 8.53. The van der Waals surface area contributed by atoms with Crippen LogP contribution in [0.4, 0.5) is 13.2 Å². The van der Waals surface area contributed by atoms with Crippen LogP contribution in [0.15, 0.2) is 0 Å². The fourth-order valence-corrected chi connectivity index (χ4v) is 1.67. The van der Waals surface area contributed by atoms with E-state index in [4.69, 9.17) is 17.0 Å². The van der Waals surface area contributed by atoms with Gasteiger partial charge < -0.3 is 15.0 Å². The van der Waals surface area contributed by atoms with Gasteiger partial charge in [0.15, 0.2) is 5.11 Å². The van der Waals surface area contributed by atoms with Crippen LogP contribution in [0.3, 0.4) is 0 Å². The van der Waals surface area contributed by atoms with Crippen molar-refractivity contribution in [2.24, 2.45) is 0 Å². The molecule has 0 atom stereocenters. The summed E-state index contributed by atoms with van der Waals surface area (Å²) < 4.78 is 42.2. The lowest BCUT2D eigenvalue weighted by Crippen LogP contribution is -2.48. The lowest BCUT2D eigenvalue weighted by atomic mass is 10.3. The molecule has 0 aliphatic rings. The van der Waals surface area contributed by atoms with Crippen LogP contribution in [0.5, 0.6) is 0 Å². The van der Waals surface area contributed by atoms with Crippen molar-refractivity contribution in [3.05, 3.63) is 0 Å². The zero-order chi connectivity index (χ0) is 14.2. The van der Waals surface area contributed by atoms with Crippen LogP contribution in [0.2, 0.25) is 0 Å². The van der Waals surface area contributed by atoms with Gasteiger partial charge >= 0.3 is 6.18 Å². The molecule has 0 radical (unpaired) electrons. The largest absolute Gasteiger partial charge is 0.406 e. The summed E-state index contributed by atoms with van der Waals surface area (Å²) in [4.78, 5) is 1.13. The van der Waals surface area contributed by atoms with Crippen LogP contribution in [0, 0.1) is 0 Å². The molecule has 0 saturated carbocycles. The summed E-state index contributed by atoms with van der Waals surface area (Å²) in [5.74, 6) is 0. The minimum absolute atomic E-state index is 0.138. The van der Waals surface area contributed by atoms with Crippen LogP contribution >= 0.6 is 12.2 Å². The summed E-state index contributed by atoms with van der Waals surface area (Å²) in [6.07, 6.45) is -3.53. The normalized spacial score (nSPS) is 11.7. The van der Waals surface area contributed by atoms with Gasteiger partial charge in [-0.3, -0.25) is 0 Å². The molecule has 108 valence electrons. The van der Waals surface area contributed by atoms with Crippen molar-refractivity contribution in [2.75, 3.05) is 26.3 Å². The first kappa shape index (κ1) is 17.4. The summed E-state index contributed by atoms with van der Waals surface area (Å²) in [6, 6.07) is -0.293. The van der Waals surface area contributed by atoms with E-state index in [1.165, 1.54) is 0 Å². The number of rotatable bonds is 7. The molecule has 0 rings (SSSR count). The second-order valence-corrected chi connectivity index (χ2v) is 4.51.